The highest BCUT2D eigenvalue weighted by Crippen LogP contribution is 2.56. The number of hydrogen-bond acceptors (Lipinski definition) is 9. The number of phenolic OH excluding ortho intramolecular Hbond substituents is 1. The van der Waals surface area contributed by atoms with Gasteiger partial charge in [0.05, 0.1) is 23.6 Å². The molecule has 206 valence electrons. The summed E-state index contributed by atoms with van der Waals surface area (Å²) in [4.78, 5) is 40.7. The second-order valence-corrected chi connectivity index (χ2v) is 11.2. The first-order valence-corrected chi connectivity index (χ1v) is 12.9. The minimum absolute atomic E-state index is 0.0298. The van der Waals surface area contributed by atoms with Crippen LogP contribution in [0.1, 0.15) is 56.2 Å². The number of likely N-dealkylation sites (N-methyl/N-ethyl adjacent to an activating group) is 1. The molecule has 1 amide bonds. The van der Waals surface area contributed by atoms with Gasteiger partial charge in [0.15, 0.2) is 11.4 Å². The molecule has 7 atom stereocenters. The summed E-state index contributed by atoms with van der Waals surface area (Å²) in [6.45, 7) is 5.83. The van der Waals surface area contributed by atoms with E-state index in [0.717, 1.165) is 12.8 Å². The molecule has 10 nitrogen and oxygen atoms in total. The molecule has 0 aromatic heterocycles. The van der Waals surface area contributed by atoms with Crippen molar-refractivity contribution in [1.29, 1.82) is 0 Å². The van der Waals surface area contributed by atoms with Crippen LogP contribution in [0.4, 0.5) is 0 Å². The third-order valence-corrected chi connectivity index (χ3v) is 8.56. The molecule has 1 aromatic rings. The van der Waals surface area contributed by atoms with Gasteiger partial charge in [-0.05, 0) is 43.5 Å². The number of aromatic hydroxyl groups is 1. The molecule has 1 fully saturated rings. The molecule has 0 spiro atoms. The maximum Gasteiger partial charge on any atom is 0.255 e. The van der Waals surface area contributed by atoms with Crippen molar-refractivity contribution >= 4 is 23.2 Å². The Labute approximate surface area is 221 Å². The molecule has 0 heterocycles. The second kappa shape index (κ2) is 9.52. The van der Waals surface area contributed by atoms with Crippen LogP contribution in [-0.2, 0) is 20.8 Å². The van der Waals surface area contributed by atoms with E-state index >= 15 is 0 Å². The molecule has 1 unspecified atom stereocenters. The molecule has 7 N–H and O–H groups in total. The van der Waals surface area contributed by atoms with Crippen molar-refractivity contribution in [2.24, 2.45) is 23.5 Å². The normalized spacial score (nSPS) is 31.7. The van der Waals surface area contributed by atoms with Crippen LogP contribution in [0.25, 0.3) is 5.76 Å². The fraction of sp³-hybridized carbons (Fsp3) is 0.536. The number of nitrogens with zero attached hydrogens (tertiary/aromatic N) is 1. The predicted octanol–water partition coefficient (Wildman–Crippen LogP) is 1.47. The summed E-state index contributed by atoms with van der Waals surface area (Å²) in [7, 11) is 2.95. The van der Waals surface area contributed by atoms with Gasteiger partial charge in [0.1, 0.15) is 22.8 Å². The van der Waals surface area contributed by atoms with Crippen molar-refractivity contribution in [1.82, 2.24) is 4.90 Å². The number of fused-ring (bicyclic) bond motifs is 3. The summed E-state index contributed by atoms with van der Waals surface area (Å²) in [5.41, 5.74) is 2.23. The highest BCUT2D eigenvalue weighted by atomic mass is 16.4. The minimum Gasteiger partial charge on any atom is -0.508 e. The Morgan fingerprint density at radius 3 is 2.37 bits per heavy atom. The average Bonchev–Trinajstić information content (AvgIpc) is 2.82. The number of aliphatic hydroxyl groups excluding tert-OH is 3. The lowest BCUT2D eigenvalue weighted by atomic mass is 9.54. The number of amides is 1. The smallest absolute Gasteiger partial charge is 0.255 e. The van der Waals surface area contributed by atoms with E-state index in [4.69, 9.17) is 5.73 Å². The number of aliphatic hydroxyl groups is 4. The lowest BCUT2D eigenvalue weighted by molar-refractivity contribution is -0.169. The van der Waals surface area contributed by atoms with E-state index in [1.807, 2.05) is 6.92 Å². The third-order valence-electron chi connectivity index (χ3n) is 8.56. The predicted molar refractivity (Wildman–Crippen MR) is 138 cm³/mol. The molecule has 38 heavy (non-hydrogen) atoms. The molecular formula is C28H36N2O8. The Morgan fingerprint density at radius 1 is 1.18 bits per heavy atom. The topological polar surface area (TPSA) is 182 Å². The first kappa shape index (κ1) is 27.8. The molecule has 0 bridgehead atoms. The number of primary amides is 1. The van der Waals surface area contributed by atoms with Gasteiger partial charge in [-0.2, -0.15) is 0 Å². The van der Waals surface area contributed by atoms with E-state index in [2.05, 4.69) is 6.92 Å². The number of nitrogens with two attached hydrogens (primary N) is 1. The van der Waals surface area contributed by atoms with Crippen molar-refractivity contribution in [3.63, 3.8) is 0 Å². The Morgan fingerprint density at radius 2 is 1.82 bits per heavy atom. The van der Waals surface area contributed by atoms with E-state index in [1.165, 1.54) is 19.0 Å². The van der Waals surface area contributed by atoms with E-state index in [9.17, 15) is 39.9 Å². The van der Waals surface area contributed by atoms with Crippen molar-refractivity contribution in [3.8, 4) is 5.75 Å². The molecule has 1 saturated carbocycles. The van der Waals surface area contributed by atoms with Gasteiger partial charge in [0.25, 0.3) is 5.91 Å². The largest absolute Gasteiger partial charge is 0.508 e. The molecule has 0 saturated heterocycles. The summed E-state index contributed by atoms with van der Waals surface area (Å²) < 4.78 is 0. The van der Waals surface area contributed by atoms with Crippen LogP contribution in [0.5, 0.6) is 5.75 Å². The first-order chi connectivity index (χ1) is 17.7. The van der Waals surface area contributed by atoms with Gasteiger partial charge in [-0.25, -0.2) is 0 Å². The number of rotatable bonds is 6. The van der Waals surface area contributed by atoms with Crippen molar-refractivity contribution in [2.75, 3.05) is 14.1 Å². The Kier molecular flexibility index (Phi) is 6.97. The molecular weight excluding hydrogens is 492 g/mol. The highest BCUT2D eigenvalue weighted by molar-refractivity contribution is 6.24. The summed E-state index contributed by atoms with van der Waals surface area (Å²) in [6, 6.07) is 2.14. The van der Waals surface area contributed by atoms with Gasteiger partial charge < -0.3 is 31.3 Å². The van der Waals surface area contributed by atoms with E-state index < -0.39 is 70.1 Å². The average molecular weight is 529 g/mol. The van der Waals surface area contributed by atoms with E-state index in [0.29, 0.717) is 17.5 Å². The van der Waals surface area contributed by atoms with Gasteiger partial charge in [-0.3, -0.25) is 19.3 Å². The molecule has 3 aliphatic carbocycles. The fourth-order valence-electron chi connectivity index (χ4n) is 6.79. The van der Waals surface area contributed by atoms with Crippen LogP contribution in [0, 0.1) is 17.8 Å². The number of phenols is 1. The van der Waals surface area contributed by atoms with Crippen LogP contribution in [0.3, 0.4) is 0 Å². The van der Waals surface area contributed by atoms with Crippen LogP contribution >= 0.6 is 0 Å². The molecule has 0 radical (unpaired) electrons. The van der Waals surface area contributed by atoms with Gasteiger partial charge in [0.2, 0.25) is 5.78 Å². The zero-order valence-corrected chi connectivity index (χ0v) is 22.2. The number of carbonyl (C=O) groups excluding carboxylic acids is 3. The lowest BCUT2D eigenvalue weighted by Crippen LogP contribution is -2.70. The van der Waals surface area contributed by atoms with Crippen LogP contribution in [0.2, 0.25) is 0 Å². The van der Waals surface area contributed by atoms with Gasteiger partial charge in [-0.1, -0.05) is 45.7 Å². The number of carbonyl (C=O) groups is 3. The molecule has 3 aliphatic rings. The summed E-state index contributed by atoms with van der Waals surface area (Å²) in [5.74, 6) is -8.47. The number of ketones is 2. The molecule has 1 aromatic carbocycles. The number of benzene rings is 1. The summed E-state index contributed by atoms with van der Waals surface area (Å²) in [5, 5.41) is 56.9. The summed E-state index contributed by atoms with van der Waals surface area (Å²) >= 11 is 0. The lowest BCUT2D eigenvalue weighted by Gasteiger charge is -2.53. The number of hydrogen-bond donors (Lipinski definition) is 6. The second-order valence-electron chi connectivity index (χ2n) is 11.2. The zero-order chi connectivity index (χ0) is 28.4. The monoisotopic (exact) mass is 528 g/mol. The first-order valence-electron chi connectivity index (χ1n) is 12.9. The van der Waals surface area contributed by atoms with Crippen LogP contribution in [0.15, 0.2) is 29.0 Å². The quantitative estimate of drug-likeness (QED) is 0.298. The van der Waals surface area contributed by atoms with E-state index in [-0.39, 0.29) is 22.8 Å². The SMILES string of the molecule is CCCC(C)Cc1ccc2c(c1O)C(O)=C1C(=O)[C@]3(O)C(O)=C(C(N)=O)C(=O)[C@@H](N(C)C)[C@@H]3[C@@H](O)[C@@H]1[C@H]2C. The maximum atomic E-state index is 14.0. The zero-order valence-electron chi connectivity index (χ0n) is 22.2. The highest BCUT2D eigenvalue weighted by Gasteiger charge is 2.68. The minimum atomic E-state index is -2.91. The van der Waals surface area contributed by atoms with Crippen molar-refractivity contribution in [2.45, 2.75) is 63.7 Å². The fourth-order valence-corrected chi connectivity index (χ4v) is 6.79. The van der Waals surface area contributed by atoms with E-state index in [1.54, 1.807) is 19.1 Å². The standard InChI is InChI=1S/C28H36N2O8/c1-6-7-11(2)10-13-8-9-14-12(3)15-17(22(32)16(14)21(13)31)25(35)28(38)19(23(15)33)20(30(4)5)24(34)18(26(28)36)27(29)37/h8-9,11-12,15,19-20,23,31-33,36,38H,6-7,10H2,1-5H3,(H2,29,37)/t11?,12-,15+,19+,20-,23-,28-/m0/s1. The van der Waals surface area contributed by atoms with Crippen molar-refractivity contribution < 1.29 is 39.9 Å². The van der Waals surface area contributed by atoms with Gasteiger partial charge >= 0.3 is 0 Å². The number of Topliss-reactive ketones (excluding diaryl/α,β-unsaturated/α-hetero) is 2. The molecule has 10 heteroatoms. The van der Waals surface area contributed by atoms with Crippen molar-refractivity contribution in [3.05, 3.63) is 45.7 Å². The maximum absolute atomic E-state index is 14.0. The van der Waals surface area contributed by atoms with Crippen LogP contribution in [-0.4, -0.2) is 79.7 Å². The molecule has 4 rings (SSSR count). The summed E-state index contributed by atoms with van der Waals surface area (Å²) in [6.07, 6.45) is 0.833. The Hall–Kier alpha value is -3.21. The third kappa shape index (κ3) is 3.69. The Bertz CT molecular complexity index is 1280. The Balaban J connectivity index is 1.97. The van der Waals surface area contributed by atoms with Gasteiger partial charge in [0, 0.05) is 11.5 Å². The van der Waals surface area contributed by atoms with Crippen LogP contribution < -0.4 is 5.73 Å². The van der Waals surface area contributed by atoms with Gasteiger partial charge in [-0.15, -0.1) is 0 Å². The molecule has 0 aliphatic heterocycles.